The maximum absolute atomic E-state index is 13.7. The van der Waals surface area contributed by atoms with E-state index in [1.54, 1.807) is 15.9 Å². The summed E-state index contributed by atoms with van der Waals surface area (Å²) in [7, 11) is 0. The third-order valence-corrected chi connectivity index (χ3v) is 7.81. The number of benzene rings is 2. The molecule has 0 radical (unpaired) electrons. The molecule has 236 valence electrons. The monoisotopic (exact) mass is 628 g/mol. The number of likely N-dealkylation sites (tertiary alicyclic amines) is 2. The molecule has 2 fully saturated rings. The van der Waals surface area contributed by atoms with Crippen LogP contribution in [-0.2, 0) is 0 Å². The number of aromatic nitrogens is 2. The zero-order valence-corrected chi connectivity index (χ0v) is 25.1. The van der Waals surface area contributed by atoms with Crippen molar-refractivity contribution in [1.29, 1.82) is 10.5 Å². The molecule has 0 bridgehead atoms. The van der Waals surface area contributed by atoms with E-state index in [1.165, 1.54) is 23.3 Å². The highest BCUT2D eigenvalue weighted by atomic mass is 19.1. The van der Waals surface area contributed by atoms with E-state index >= 15 is 0 Å². The number of hydrogen-bond donors (Lipinski definition) is 2. The van der Waals surface area contributed by atoms with Crippen LogP contribution in [0.2, 0.25) is 0 Å². The minimum Gasteiger partial charge on any atom is -0.350 e. The van der Waals surface area contributed by atoms with Crippen molar-refractivity contribution in [2.24, 2.45) is 0 Å². The van der Waals surface area contributed by atoms with Gasteiger partial charge in [-0.1, -0.05) is 22.4 Å². The Bertz CT molecular complexity index is 1820. The molecule has 0 saturated carbocycles. The minimum absolute atomic E-state index is 0.0303. The van der Waals surface area contributed by atoms with Crippen LogP contribution in [0.25, 0.3) is 22.5 Å². The first-order valence-electron chi connectivity index (χ1n) is 14.5. The van der Waals surface area contributed by atoms with Crippen LogP contribution in [0.15, 0.2) is 57.6 Å². The highest BCUT2D eigenvalue weighted by Gasteiger charge is 2.26. The fraction of sp³-hybridized carbons (Fsp3) is 0.312. The molecule has 0 aliphatic carbocycles. The fourth-order valence-corrected chi connectivity index (χ4v) is 5.08. The lowest BCUT2D eigenvalue weighted by molar-refractivity contribution is 0.0894. The Morgan fingerprint density at radius 1 is 0.804 bits per heavy atom. The average molecular weight is 629 g/mol. The summed E-state index contributed by atoms with van der Waals surface area (Å²) < 4.78 is 36.7. The van der Waals surface area contributed by atoms with Crippen molar-refractivity contribution in [3.05, 3.63) is 82.8 Å². The molecule has 12 nitrogen and oxygen atoms in total. The largest absolute Gasteiger partial charge is 0.350 e. The lowest BCUT2D eigenvalue weighted by Gasteiger charge is -2.10. The van der Waals surface area contributed by atoms with E-state index in [1.807, 2.05) is 38.2 Å². The summed E-state index contributed by atoms with van der Waals surface area (Å²) in [4.78, 5) is 27.5. The first-order valence-corrected chi connectivity index (χ1v) is 14.5. The summed E-state index contributed by atoms with van der Waals surface area (Å²) in [6.45, 7) is 6.33. The smallest absolute Gasteiger partial charge is 0.290 e. The summed E-state index contributed by atoms with van der Waals surface area (Å²) in [5.74, 6) is -2.15. The number of carbonyl (C=O) groups excluding carboxylic acids is 2. The van der Waals surface area contributed by atoms with Gasteiger partial charge in [0.05, 0.1) is 0 Å². The van der Waals surface area contributed by atoms with Crippen LogP contribution in [0.4, 0.5) is 8.78 Å². The molecule has 2 N–H and O–H groups in total. The molecule has 2 atom stereocenters. The summed E-state index contributed by atoms with van der Waals surface area (Å²) in [5, 5.41) is 30.9. The predicted molar refractivity (Wildman–Crippen MR) is 159 cm³/mol. The minimum atomic E-state index is -0.786. The van der Waals surface area contributed by atoms with Crippen molar-refractivity contribution in [2.45, 2.75) is 38.8 Å². The van der Waals surface area contributed by atoms with Gasteiger partial charge in [-0.05, 0) is 56.0 Å². The summed E-state index contributed by atoms with van der Waals surface area (Å²) in [6, 6.07) is 11.8. The third-order valence-electron chi connectivity index (χ3n) is 7.81. The van der Waals surface area contributed by atoms with E-state index < -0.39 is 17.5 Å². The third kappa shape index (κ3) is 7.47. The van der Waals surface area contributed by atoms with E-state index in [9.17, 15) is 18.4 Å². The van der Waals surface area contributed by atoms with Crippen molar-refractivity contribution in [1.82, 2.24) is 30.7 Å². The molecule has 2 saturated heterocycles. The molecule has 4 aromatic rings. The van der Waals surface area contributed by atoms with Crippen LogP contribution in [0.1, 0.15) is 45.1 Å². The molecular weight excluding hydrogens is 598 g/mol. The molecule has 2 aliphatic heterocycles. The van der Waals surface area contributed by atoms with Crippen LogP contribution in [-0.4, -0.2) is 70.2 Å². The second-order valence-corrected chi connectivity index (χ2v) is 11.1. The number of nitriles is 2. The standard InChI is InChI=1S/C17H18N4O2.C15H12F2N4O2/c1-11-3-4-13(7-12(11)2)15-8-16(23-20-15)17(22)19-14-5-6-21(9-14)10-18;16-9-1-2-11(12(17)5-9)13-6-14(23-20-13)15(22)19-10-3-4-21(7-10)8-18/h3-4,7-8,14H,5-6,9H2,1-2H3,(H,19,22);1-2,5-6,10H,3-4,7H2,(H,19,22)/t14-;10-/m11/s1. The van der Waals surface area contributed by atoms with Crippen molar-refractivity contribution < 1.29 is 27.4 Å². The second kappa shape index (κ2) is 13.9. The lowest BCUT2D eigenvalue weighted by atomic mass is 10.0. The van der Waals surface area contributed by atoms with Gasteiger partial charge in [0.15, 0.2) is 12.4 Å². The van der Waals surface area contributed by atoms with E-state index in [2.05, 4.69) is 27.1 Å². The maximum atomic E-state index is 13.7. The highest BCUT2D eigenvalue weighted by Crippen LogP contribution is 2.24. The molecule has 4 heterocycles. The van der Waals surface area contributed by atoms with Gasteiger partial charge in [-0.3, -0.25) is 9.59 Å². The Morgan fingerprint density at radius 2 is 1.37 bits per heavy atom. The molecule has 14 heteroatoms. The van der Waals surface area contributed by atoms with Crippen molar-refractivity contribution in [3.8, 4) is 34.9 Å². The van der Waals surface area contributed by atoms with Crippen LogP contribution < -0.4 is 10.6 Å². The Balaban J connectivity index is 0.000000181. The van der Waals surface area contributed by atoms with E-state index in [0.717, 1.165) is 24.1 Å². The Morgan fingerprint density at radius 3 is 1.89 bits per heavy atom. The van der Waals surface area contributed by atoms with Crippen molar-refractivity contribution in [3.63, 3.8) is 0 Å². The number of halogens is 2. The Hall–Kier alpha value is -5.76. The molecule has 0 spiro atoms. The molecule has 0 unspecified atom stereocenters. The van der Waals surface area contributed by atoms with E-state index in [-0.39, 0.29) is 40.8 Å². The predicted octanol–water partition coefficient (Wildman–Crippen LogP) is 4.15. The molecule has 2 aromatic heterocycles. The molecular formula is C32H30F2N8O4. The first-order chi connectivity index (χ1) is 22.1. The van der Waals surface area contributed by atoms with Crippen LogP contribution >= 0.6 is 0 Å². The lowest BCUT2D eigenvalue weighted by Crippen LogP contribution is -2.36. The van der Waals surface area contributed by atoms with Gasteiger partial charge in [-0.25, -0.2) is 8.78 Å². The quantitative estimate of drug-likeness (QED) is 0.297. The van der Waals surface area contributed by atoms with E-state index in [4.69, 9.17) is 19.6 Å². The van der Waals surface area contributed by atoms with Gasteiger partial charge in [0, 0.05) is 67.6 Å². The van der Waals surface area contributed by atoms with Gasteiger partial charge in [0.25, 0.3) is 11.8 Å². The zero-order valence-electron chi connectivity index (χ0n) is 25.1. The van der Waals surface area contributed by atoms with Crippen LogP contribution in [0, 0.1) is 48.4 Å². The normalized spacial score (nSPS) is 17.1. The second-order valence-electron chi connectivity index (χ2n) is 11.1. The number of carbonyl (C=O) groups is 2. The van der Waals surface area contributed by atoms with Crippen LogP contribution in [0.5, 0.6) is 0 Å². The number of hydrogen-bond acceptors (Lipinski definition) is 10. The van der Waals surface area contributed by atoms with Gasteiger partial charge in [-0.2, -0.15) is 10.5 Å². The Labute approximate surface area is 263 Å². The highest BCUT2D eigenvalue weighted by molar-refractivity contribution is 5.93. The summed E-state index contributed by atoms with van der Waals surface area (Å²) >= 11 is 0. The molecule has 46 heavy (non-hydrogen) atoms. The number of aryl methyl sites for hydroxylation is 2. The summed E-state index contributed by atoms with van der Waals surface area (Å²) in [5.41, 5.74) is 4.09. The number of nitrogens with one attached hydrogen (secondary N) is 2. The van der Waals surface area contributed by atoms with Crippen molar-refractivity contribution in [2.75, 3.05) is 26.2 Å². The number of amides is 2. The summed E-state index contributed by atoms with van der Waals surface area (Å²) in [6.07, 6.45) is 5.53. The SMILES string of the molecule is Cc1ccc(-c2cc(C(=O)N[C@@H]3CCN(C#N)C3)on2)cc1C.N#CN1CC[C@@H](NC(=O)c2cc(-c3ccc(F)cc3F)no2)C1. The number of nitrogens with zero attached hydrogens (tertiary/aromatic N) is 6. The number of rotatable bonds is 6. The van der Waals surface area contributed by atoms with Gasteiger partial charge in [0.1, 0.15) is 23.0 Å². The maximum Gasteiger partial charge on any atom is 0.290 e. The van der Waals surface area contributed by atoms with Gasteiger partial charge >= 0.3 is 0 Å². The zero-order chi connectivity index (χ0) is 32.8. The fourth-order valence-electron chi connectivity index (χ4n) is 5.08. The molecule has 2 amide bonds. The van der Waals surface area contributed by atoms with E-state index in [0.29, 0.717) is 38.3 Å². The molecule has 2 aromatic carbocycles. The van der Waals surface area contributed by atoms with Gasteiger partial charge < -0.3 is 29.5 Å². The van der Waals surface area contributed by atoms with Gasteiger partial charge in [0.2, 0.25) is 11.5 Å². The van der Waals surface area contributed by atoms with Crippen molar-refractivity contribution >= 4 is 11.8 Å². The first kappa shape index (κ1) is 31.7. The topological polar surface area (TPSA) is 164 Å². The van der Waals surface area contributed by atoms with Gasteiger partial charge in [-0.15, -0.1) is 0 Å². The average Bonchev–Trinajstić information content (AvgIpc) is 3.86. The Kier molecular flexibility index (Phi) is 9.57. The van der Waals surface area contributed by atoms with Crippen LogP contribution in [0.3, 0.4) is 0 Å². The molecule has 6 rings (SSSR count). The molecule has 2 aliphatic rings.